The third-order valence-electron chi connectivity index (χ3n) is 4.77. The van der Waals surface area contributed by atoms with E-state index in [-0.39, 0.29) is 5.56 Å². The number of carbonyl (C=O) groups excluding carboxylic acids is 3. The molecule has 0 atom stereocenters. The third kappa shape index (κ3) is 5.03. The second-order valence-electron chi connectivity index (χ2n) is 6.48. The molecule has 0 bridgehead atoms. The van der Waals surface area contributed by atoms with Crippen LogP contribution in [0.3, 0.4) is 0 Å². The average molecular weight is 375 g/mol. The molecule has 0 radical (unpaired) electrons. The summed E-state index contributed by atoms with van der Waals surface area (Å²) in [7, 11) is 1.53. The molecule has 0 saturated heterocycles. The number of nitriles is 1. The number of halogens is 1. The lowest BCUT2D eigenvalue weighted by Gasteiger charge is -2.38. The molecule has 1 N–H and O–H groups in total. The Bertz CT molecular complexity index is 754. The van der Waals surface area contributed by atoms with E-state index >= 15 is 0 Å². The lowest BCUT2D eigenvalue weighted by Crippen LogP contribution is -2.51. The zero-order valence-electron chi connectivity index (χ0n) is 15.2. The molecule has 27 heavy (non-hydrogen) atoms. The fourth-order valence-corrected chi connectivity index (χ4v) is 3.08. The Morgan fingerprint density at radius 2 is 1.93 bits per heavy atom. The molecule has 7 nitrogen and oxygen atoms in total. The second-order valence-corrected chi connectivity index (χ2v) is 6.48. The first-order valence-electron chi connectivity index (χ1n) is 8.76. The second kappa shape index (κ2) is 9.12. The molecule has 1 aromatic rings. The van der Waals surface area contributed by atoms with Crippen LogP contribution in [-0.2, 0) is 14.3 Å². The Labute approximate surface area is 157 Å². The van der Waals surface area contributed by atoms with Gasteiger partial charge in [-0.2, -0.15) is 5.26 Å². The Morgan fingerprint density at radius 3 is 2.56 bits per heavy atom. The molecule has 8 heteroatoms. The minimum absolute atomic E-state index is 0.186. The normalized spacial score (nSPS) is 15.3. The van der Waals surface area contributed by atoms with E-state index in [1.165, 1.54) is 30.1 Å². The molecule has 1 aliphatic rings. The van der Waals surface area contributed by atoms with Crippen molar-refractivity contribution < 1.29 is 23.5 Å². The first-order chi connectivity index (χ1) is 12.9. The highest BCUT2D eigenvalue weighted by atomic mass is 19.1. The minimum Gasteiger partial charge on any atom is -0.454 e. The summed E-state index contributed by atoms with van der Waals surface area (Å²) in [5, 5.41) is 11.7. The smallest absolute Gasteiger partial charge is 0.325 e. The SMILES string of the molecule is CN(C(=O)COC(=O)CNC(=O)c1ccccc1F)C1(C#N)CCCCC1. The number of benzene rings is 1. The molecule has 0 unspecified atom stereocenters. The van der Waals surface area contributed by atoms with Crippen LogP contribution in [-0.4, -0.2) is 48.4 Å². The van der Waals surface area contributed by atoms with E-state index in [1.54, 1.807) is 0 Å². The number of nitrogens with one attached hydrogen (secondary N) is 1. The van der Waals surface area contributed by atoms with Crippen molar-refractivity contribution in [2.75, 3.05) is 20.2 Å². The largest absolute Gasteiger partial charge is 0.454 e. The summed E-state index contributed by atoms with van der Waals surface area (Å²) in [5.74, 6) is -2.75. The van der Waals surface area contributed by atoms with Crippen molar-refractivity contribution in [1.82, 2.24) is 10.2 Å². The molecule has 2 rings (SSSR count). The van der Waals surface area contributed by atoms with Gasteiger partial charge in [0.15, 0.2) is 6.61 Å². The van der Waals surface area contributed by atoms with Crippen LogP contribution in [0.25, 0.3) is 0 Å². The number of carbonyl (C=O) groups is 3. The molecule has 2 amide bonds. The highest BCUT2D eigenvalue weighted by Crippen LogP contribution is 2.32. The van der Waals surface area contributed by atoms with Gasteiger partial charge in [0, 0.05) is 7.05 Å². The molecule has 1 saturated carbocycles. The Hall–Kier alpha value is -2.95. The van der Waals surface area contributed by atoms with Crippen LogP contribution < -0.4 is 5.32 Å². The van der Waals surface area contributed by atoms with Gasteiger partial charge in [-0.3, -0.25) is 14.4 Å². The van der Waals surface area contributed by atoms with Gasteiger partial charge in [0.2, 0.25) is 0 Å². The van der Waals surface area contributed by atoms with Crippen molar-refractivity contribution in [3.8, 4) is 6.07 Å². The fourth-order valence-electron chi connectivity index (χ4n) is 3.08. The van der Waals surface area contributed by atoms with E-state index in [1.807, 2.05) is 0 Å². The minimum atomic E-state index is -0.860. The maximum atomic E-state index is 13.5. The average Bonchev–Trinajstić information content (AvgIpc) is 2.70. The monoisotopic (exact) mass is 375 g/mol. The number of ether oxygens (including phenoxy) is 1. The van der Waals surface area contributed by atoms with E-state index in [0.29, 0.717) is 12.8 Å². The third-order valence-corrected chi connectivity index (χ3v) is 4.77. The van der Waals surface area contributed by atoms with Crippen molar-refractivity contribution in [3.05, 3.63) is 35.6 Å². The van der Waals surface area contributed by atoms with Crippen molar-refractivity contribution in [2.45, 2.75) is 37.6 Å². The molecule has 1 aromatic carbocycles. The van der Waals surface area contributed by atoms with Crippen molar-refractivity contribution in [1.29, 1.82) is 5.26 Å². The summed E-state index contributed by atoms with van der Waals surface area (Å²) in [6.07, 6.45) is 3.96. The van der Waals surface area contributed by atoms with Gasteiger partial charge in [-0.1, -0.05) is 31.4 Å². The van der Waals surface area contributed by atoms with Crippen molar-refractivity contribution in [3.63, 3.8) is 0 Å². The van der Waals surface area contributed by atoms with Crippen LogP contribution in [0, 0.1) is 17.1 Å². The summed E-state index contributed by atoms with van der Waals surface area (Å²) in [6.45, 7) is -1.01. The van der Waals surface area contributed by atoms with Crippen molar-refractivity contribution in [2.24, 2.45) is 0 Å². The molecule has 0 spiro atoms. The van der Waals surface area contributed by atoms with Crippen LogP contribution in [0.4, 0.5) is 4.39 Å². The van der Waals surface area contributed by atoms with Crippen LogP contribution in [0.1, 0.15) is 42.5 Å². The first kappa shape index (κ1) is 20.4. The number of amides is 2. The number of nitrogens with zero attached hydrogens (tertiary/aromatic N) is 2. The highest BCUT2D eigenvalue weighted by Gasteiger charge is 2.38. The fraction of sp³-hybridized carbons (Fsp3) is 0.474. The predicted octanol–water partition coefficient (Wildman–Crippen LogP) is 1.78. The summed E-state index contributed by atoms with van der Waals surface area (Å²) in [4.78, 5) is 37.2. The maximum absolute atomic E-state index is 13.5. The first-order valence-corrected chi connectivity index (χ1v) is 8.76. The molecule has 1 aliphatic carbocycles. The van der Waals surface area contributed by atoms with E-state index in [4.69, 9.17) is 4.74 Å². The Kier molecular flexibility index (Phi) is 6.88. The van der Waals surface area contributed by atoms with Gasteiger partial charge in [-0.05, 0) is 25.0 Å². The van der Waals surface area contributed by atoms with Gasteiger partial charge < -0.3 is 15.0 Å². The lowest BCUT2D eigenvalue weighted by atomic mass is 9.81. The van der Waals surface area contributed by atoms with Gasteiger partial charge in [-0.15, -0.1) is 0 Å². The molecule has 0 heterocycles. The number of hydrogen-bond acceptors (Lipinski definition) is 5. The zero-order chi connectivity index (χ0) is 19.9. The lowest BCUT2D eigenvalue weighted by molar-refractivity contribution is -0.152. The highest BCUT2D eigenvalue weighted by molar-refractivity contribution is 5.96. The number of hydrogen-bond donors (Lipinski definition) is 1. The Balaban J connectivity index is 1.81. The molecule has 1 fully saturated rings. The van der Waals surface area contributed by atoms with Gasteiger partial charge >= 0.3 is 5.97 Å². The van der Waals surface area contributed by atoms with Crippen LogP contribution in [0.15, 0.2) is 24.3 Å². The van der Waals surface area contributed by atoms with Gasteiger partial charge in [0.1, 0.15) is 17.9 Å². The van der Waals surface area contributed by atoms with Gasteiger partial charge in [0.05, 0.1) is 11.6 Å². The van der Waals surface area contributed by atoms with Crippen LogP contribution in [0.5, 0.6) is 0 Å². The number of esters is 1. The van der Waals surface area contributed by atoms with E-state index in [2.05, 4.69) is 11.4 Å². The van der Waals surface area contributed by atoms with Crippen LogP contribution >= 0.6 is 0 Å². The van der Waals surface area contributed by atoms with Gasteiger partial charge in [-0.25, -0.2) is 4.39 Å². The molecular formula is C19H22FN3O4. The standard InChI is InChI=1S/C19H22FN3O4/c1-23(19(13-21)9-5-2-6-10-19)16(24)12-27-17(25)11-22-18(26)14-7-3-4-8-15(14)20/h3-4,7-8H,2,5-6,9-12H2,1H3,(H,22,26). The molecular weight excluding hydrogens is 353 g/mol. The summed E-state index contributed by atoms with van der Waals surface area (Å²) in [5.41, 5.74) is -1.05. The van der Waals surface area contributed by atoms with Crippen LogP contribution in [0.2, 0.25) is 0 Å². The molecule has 0 aliphatic heterocycles. The summed E-state index contributed by atoms with van der Waals surface area (Å²) < 4.78 is 18.4. The summed E-state index contributed by atoms with van der Waals surface area (Å²) in [6, 6.07) is 7.60. The van der Waals surface area contributed by atoms with E-state index < -0.39 is 42.3 Å². The van der Waals surface area contributed by atoms with E-state index in [0.717, 1.165) is 25.3 Å². The maximum Gasteiger partial charge on any atom is 0.325 e. The quantitative estimate of drug-likeness (QED) is 0.764. The number of rotatable bonds is 6. The number of likely N-dealkylation sites (N-methyl/N-ethyl adjacent to an activating group) is 1. The molecule has 144 valence electrons. The topological polar surface area (TPSA) is 99.5 Å². The Morgan fingerprint density at radius 1 is 1.26 bits per heavy atom. The van der Waals surface area contributed by atoms with Crippen molar-refractivity contribution >= 4 is 17.8 Å². The molecule has 0 aromatic heterocycles. The summed E-state index contributed by atoms with van der Waals surface area (Å²) >= 11 is 0. The van der Waals surface area contributed by atoms with Gasteiger partial charge in [0.25, 0.3) is 11.8 Å². The predicted molar refractivity (Wildman–Crippen MR) is 93.9 cm³/mol. The van der Waals surface area contributed by atoms with E-state index in [9.17, 15) is 24.0 Å². The zero-order valence-corrected chi connectivity index (χ0v) is 15.2.